The predicted octanol–water partition coefficient (Wildman–Crippen LogP) is 7.03. The highest BCUT2D eigenvalue weighted by atomic mass is 14.9. The van der Waals surface area contributed by atoms with Gasteiger partial charge in [0.1, 0.15) is 0 Å². The van der Waals surface area contributed by atoms with E-state index < -0.39 is 0 Å². The summed E-state index contributed by atoms with van der Waals surface area (Å²) in [6.07, 6.45) is 2.13. The maximum Gasteiger partial charge on any atom is 0.0477 e. The van der Waals surface area contributed by atoms with E-state index in [4.69, 9.17) is 0 Å². The fourth-order valence-electron chi connectivity index (χ4n) is 4.20. The van der Waals surface area contributed by atoms with E-state index in [-0.39, 0.29) is 5.92 Å². The van der Waals surface area contributed by atoms with Gasteiger partial charge in [-0.1, -0.05) is 91.0 Å². The maximum atomic E-state index is 2.33. The summed E-state index contributed by atoms with van der Waals surface area (Å²) in [6, 6.07) is 39.4. The van der Waals surface area contributed by atoms with Crippen LogP contribution >= 0.6 is 0 Å². The molecule has 1 nitrogen and oxygen atoms in total. The van der Waals surface area contributed by atoms with E-state index in [1.807, 2.05) is 0 Å². The Morgan fingerprint density at radius 2 is 1.14 bits per heavy atom. The Morgan fingerprint density at radius 3 is 1.86 bits per heavy atom. The molecule has 5 aromatic rings. The highest BCUT2D eigenvalue weighted by molar-refractivity contribution is 5.81. The van der Waals surface area contributed by atoms with Gasteiger partial charge in [0.15, 0.2) is 0 Å². The largest absolute Gasteiger partial charge is 0.351 e. The second-order valence-corrected chi connectivity index (χ2v) is 7.58. The van der Waals surface area contributed by atoms with Crippen molar-refractivity contribution in [2.75, 3.05) is 0 Å². The molecular weight excluding hydrogens is 350 g/mol. The zero-order valence-electron chi connectivity index (χ0n) is 16.5. The summed E-state index contributed by atoms with van der Waals surface area (Å²) < 4.78 is 2.17. The summed E-state index contributed by atoms with van der Waals surface area (Å²) in [5.41, 5.74) is 7.71. The van der Waals surface area contributed by atoms with Crippen LogP contribution in [0.15, 0.2) is 115 Å². The molecule has 0 spiro atoms. The number of hydrogen-bond acceptors (Lipinski definition) is 0. The van der Waals surface area contributed by atoms with Gasteiger partial charge in [0.05, 0.1) is 0 Å². The van der Waals surface area contributed by atoms with Crippen LogP contribution < -0.4 is 0 Å². The van der Waals surface area contributed by atoms with Gasteiger partial charge in [-0.05, 0) is 51.4 Å². The molecule has 140 valence electrons. The third kappa shape index (κ3) is 3.36. The van der Waals surface area contributed by atoms with E-state index in [1.54, 1.807) is 0 Å². The van der Waals surface area contributed by atoms with Gasteiger partial charge in [-0.2, -0.15) is 0 Å². The number of nitrogens with zero attached hydrogens (tertiary/aromatic N) is 1. The minimum absolute atomic E-state index is 0.214. The molecule has 0 aliphatic heterocycles. The van der Waals surface area contributed by atoms with Crippen molar-refractivity contribution in [3.05, 3.63) is 132 Å². The summed E-state index contributed by atoms with van der Waals surface area (Å²) in [4.78, 5) is 0. The molecule has 0 unspecified atom stereocenters. The normalized spacial score (nSPS) is 12.2. The third-order valence-corrected chi connectivity index (χ3v) is 5.73. The Balaban J connectivity index is 1.60. The second kappa shape index (κ2) is 7.44. The van der Waals surface area contributed by atoms with Crippen LogP contribution in [-0.4, -0.2) is 4.57 Å². The average Bonchev–Trinajstić information content (AvgIpc) is 3.16. The molecule has 29 heavy (non-hydrogen) atoms. The number of benzene rings is 4. The Bertz CT molecular complexity index is 1230. The highest BCUT2D eigenvalue weighted by Crippen LogP contribution is 2.34. The first kappa shape index (κ1) is 17.5. The molecule has 0 N–H and O–H groups in total. The third-order valence-electron chi connectivity index (χ3n) is 5.73. The number of fused-ring (bicyclic) bond motifs is 1. The molecule has 5 rings (SSSR count). The van der Waals surface area contributed by atoms with Crippen molar-refractivity contribution >= 4 is 10.9 Å². The van der Waals surface area contributed by atoms with Crippen LogP contribution in [-0.2, 0) is 7.05 Å². The van der Waals surface area contributed by atoms with Crippen LogP contribution in [0.3, 0.4) is 0 Å². The van der Waals surface area contributed by atoms with Crippen LogP contribution in [0.1, 0.15) is 22.6 Å². The molecule has 0 saturated carbocycles. The Kier molecular flexibility index (Phi) is 4.50. The van der Waals surface area contributed by atoms with Gasteiger partial charge >= 0.3 is 0 Å². The lowest BCUT2D eigenvalue weighted by Gasteiger charge is -2.20. The molecule has 1 aromatic heterocycles. The Morgan fingerprint density at radius 1 is 0.552 bits per heavy atom. The van der Waals surface area contributed by atoms with Crippen molar-refractivity contribution in [2.24, 2.45) is 7.05 Å². The second-order valence-electron chi connectivity index (χ2n) is 7.58. The molecule has 4 aromatic carbocycles. The first-order valence-electron chi connectivity index (χ1n) is 10.0. The lowest BCUT2D eigenvalue weighted by Crippen LogP contribution is -2.03. The molecule has 0 aliphatic rings. The Labute approximate surface area is 171 Å². The molecule has 0 radical (unpaired) electrons. The molecule has 0 amide bonds. The molecule has 1 atom stereocenters. The van der Waals surface area contributed by atoms with E-state index in [1.165, 1.54) is 38.7 Å². The minimum Gasteiger partial charge on any atom is -0.351 e. The van der Waals surface area contributed by atoms with Gasteiger partial charge in [0, 0.05) is 24.7 Å². The van der Waals surface area contributed by atoms with Gasteiger partial charge < -0.3 is 4.57 Å². The monoisotopic (exact) mass is 373 g/mol. The van der Waals surface area contributed by atoms with Crippen molar-refractivity contribution in [2.45, 2.75) is 5.92 Å². The first-order chi connectivity index (χ1) is 14.3. The molecule has 1 heteroatoms. The van der Waals surface area contributed by atoms with Crippen molar-refractivity contribution in [3.63, 3.8) is 0 Å². The lowest BCUT2D eigenvalue weighted by molar-refractivity contribution is 0.962. The van der Waals surface area contributed by atoms with Crippen molar-refractivity contribution in [3.8, 4) is 11.1 Å². The highest BCUT2D eigenvalue weighted by Gasteiger charge is 2.17. The summed E-state index contributed by atoms with van der Waals surface area (Å²) >= 11 is 0. The molecule has 0 saturated heterocycles. The first-order valence-corrected chi connectivity index (χ1v) is 10.0. The molecule has 1 heterocycles. The van der Waals surface area contributed by atoms with Gasteiger partial charge in [0.25, 0.3) is 0 Å². The molecule has 0 aliphatic carbocycles. The van der Waals surface area contributed by atoms with Crippen molar-refractivity contribution < 1.29 is 0 Å². The smallest absolute Gasteiger partial charge is 0.0477 e. The SMILES string of the molecule is Cn1ccc2cc([C@H](c3ccccc3)c3ccc(-c4ccccc4)cc3)ccc21. The zero-order chi connectivity index (χ0) is 19.6. The van der Waals surface area contributed by atoms with Crippen LogP contribution in [0.25, 0.3) is 22.0 Å². The fourth-order valence-corrected chi connectivity index (χ4v) is 4.20. The standard InChI is InChI=1S/C28H23N/c1-29-19-18-25-20-26(16-17-27(25)29)28(23-10-6-3-7-11-23)24-14-12-22(13-15-24)21-8-4-2-5-9-21/h2-20,28H,1H3/t28-/m1/s1. The van der Waals surface area contributed by atoms with E-state index in [9.17, 15) is 0 Å². The number of hydrogen-bond donors (Lipinski definition) is 0. The minimum atomic E-state index is 0.214. The van der Waals surface area contributed by atoms with Gasteiger partial charge in [0.2, 0.25) is 0 Å². The van der Waals surface area contributed by atoms with E-state index in [2.05, 4.69) is 127 Å². The lowest BCUT2D eigenvalue weighted by atomic mass is 9.84. The average molecular weight is 373 g/mol. The van der Waals surface area contributed by atoms with Crippen LogP contribution in [0, 0.1) is 0 Å². The van der Waals surface area contributed by atoms with Crippen molar-refractivity contribution in [1.82, 2.24) is 4.57 Å². The molecule has 0 fully saturated rings. The van der Waals surface area contributed by atoms with Gasteiger partial charge in [-0.25, -0.2) is 0 Å². The summed E-state index contributed by atoms with van der Waals surface area (Å²) in [6.45, 7) is 0. The number of aryl methyl sites for hydroxylation is 1. The summed E-state index contributed by atoms with van der Waals surface area (Å²) in [5, 5.41) is 1.28. The van der Waals surface area contributed by atoms with E-state index in [0.717, 1.165) is 0 Å². The predicted molar refractivity (Wildman–Crippen MR) is 122 cm³/mol. The molecular formula is C28H23N. The number of rotatable bonds is 4. The van der Waals surface area contributed by atoms with Crippen LogP contribution in [0.2, 0.25) is 0 Å². The topological polar surface area (TPSA) is 4.93 Å². The maximum absolute atomic E-state index is 2.33. The van der Waals surface area contributed by atoms with Crippen LogP contribution in [0.5, 0.6) is 0 Å². The van der Waals surface area contributed by atoms with Gasteiger partial charge in [-0.15, -0.1) is 0 Å². The van der Waals surface area contributed by atoms with E-state index in [0.29, 0.717) is 0 Å². The van der Waals surface area contributed by atoms with E-state index >= 15 is 0 Å². The summed E-state index contributed by atoms with van der Waals surface area (Å²) in [7, 11) is 2.10. The van der Waals surface area contributed by atoms with Gasteiger partial charge in [-0.3, -0.25) is 0 Å². The Hall–Kier alpha value is -3.58. The van der Waals surface area contributed by atoms with Crippen molar-refractivity contribution in [1.29, 1.82) is 0 Å². The van der Waals surface area contributed by atoms with Crippen LogP contribution in [0.4, 0.5) is 0 Å². The zero-order valence-corrected chi connectivity index (χ0v) is 16.5. The quantitative estimate of drug-likeness (QED) is 0.298. The summed E-state index contributed by atoms with van der Waals surface area (Å²) in [5.74, 6) is 0.214. The fraction of sp³-hybridized carbons (Fsp3) is 0.0714. The molecule has 0 bridgehead atoms. The number of aromatic nitrogens is 1.